The Morgan fingerprint density at radius 1 is 1.03 bits per heavy atom. The maximum Gasteiger partial charge on any atom is 0.264 e. The van der Waals surface area contributed by atoms with E-state index in [0.29, 0.717) is 11.3 Å². The molecule has 196 valence electrons. The number of anilines is 1. The highest BCUT2D eigenvalue weighted by Crippen LogP contribution is 2.27. The van der Waals surface area contributed by atoms with E-state index in [1.807, 2.05) is 6.92 Å². The lowest BCUT2D eigenvalue weighted by atomic mass is 10.1. The zero-order chi connectivity index (χ0) is 27.2. The van der Waals surface area contributed by atoms with Crippen molar-refractivity contribution in [3.63, 3.8) is 0 Å². The zero-order valence-electron chi connectivity index (χ0n) is 21.1. The molecule has 2 amide bonds. The van der Waals surface area contributed by atoms with Crippen LogP contribution < -0.4 is 14.4 Å². The summed E-state index contributed by atoms with van der Waals surface area (Å²) in [6, 6.07) is 17.4. The second-order valence-corrected chi connectivity index (χ2v) is 10.3. The summed E-state index contributed by atoms with van der Waals surface area (Å²) in [7, 11) is -1.38. The number of para-hydroxylation sites is 1. The number of likely N-dealkylation sites (N-methyl/N-ethyl adjacent to an activating group) is 1. The lowest BCUT2D eigenvalue weighted by Crippen LogP contribution is -2.50. The van der Waals surface area contributed by atoms with Crippen LogP contribution in [0, 0.1) is 12.7 Å². The van der Waals surface area contributed by atoms with Gasteiger partial charge in [0.05, 0.1) is 17.7 Å². The molecule has 1 atom stereocenters. The number of hydrogen-bond acceptors (Lipinski definition) is 5. The van der Waals surface area contributed by atoms with E-state index in [-0.39, 0.29) is 17.1 Å². The molecule has 0 aliphatic carbocycles. The first-order valence-corrected chi connectivity index (χ1v) is 13.0. The molecule has 0 fully saturated rings. The van der Waals surface area contributed by atoms with Crippen LogP contribution in [0.5, 0.6) is 5.75 Å². The third kappa shape index (κ3) is 6.45. The van der Waals surface area contributed by atoms with Gasteiger partial charge in [0.25, 0.3) is 10.0 Å². The van der Waals surface area contributed by atoms with Gasteiger partial charge >= 0.3 is 0 Å². The molecule has 8 nitrogen and oxygen atoms in total. The van der Waals surface area contributed by atoms with Crippen LogP contribution in [0.2, 0.25) is 0 Å². The Balaban J connectivity index is 2.04. The Hall–Kier alpha value is -3.92. The number of aryl methyl sites for hydroxylation is 1. The first-order chi connectivity index (χ1) is 17.6. The molecule has 0 heterocycles. The second-order valence-electron chi connectivity index (χ2n) is 8.44. The summed E-state index contributed by atoms with van der Waals surface area (Å²) >= 11 is 0. The third-order valence-corrected chi connectivity index (χ3v) is 7.68. The molecule has 0 bridgehead atoms. The van der Waals surface area contributed by atoms with Crippen LogP contribution in [-0.4, -0.2) is 51.9 Å². The Morgan fingerprint density at radius 3 is 2.32 bits per heavy atom. The van der Waals surface area contributed by atoms with Gasteiger partial charge < -0.3 is 15.0 Å². The molecular weight excluding hydrogens is 497 g/mol. The van der Waals surface area contributed by atoms with Gasteiger partial charge in [-0.3, -0.25) is 13.9 Å². The predicted octanol–water partition coefficient (Wildman–Crippen LogP) is 3.50. The molecule has 0 radical (unpaired) electrons. The highest BCUT2D eigenvalue weighted by Gasteiger charge is 2.33. The molecule has 3 rings (SSSR count). The molecule has 1 N–H and O–H groups in total. The molecule has 10 heteroatoms. The summed E-state index contributed by atoms with van der Waals surface area (Å²) < 4.78 is 48.2. The Morgan fingerprint density at radius 2 is 1.70 bits per heavy atom. The number of amides is 2. The van der Waals surface area contributed by atoms with E-state index in [1.54, 1.807) is 43.3 Å². The maximum atomic E-state index is 14.9. The molecule has 0 aromatic heterocycles. The van der Waals surface area contributed by atoms with Crippen LogP contribution in [0.15, 0.2) is 77.7 Å². The number of carbonyl (C=O) groups excluding carboxylic acids is 2. The molecule has 3 aromatic carbocycles. The molecule has 0 saturated carbocycles. The minimum atomic E-state index is -4.33. The van der Waals surface area contributed by atoms with Crippen molar-refractivity contribution in [2.24, 2.45) is 0 Å². The number of benzene rings is 3. The van der Waals surface area contributed by atoms with Gasteiger partial charge in [0.2, 0.25) is 11.8 Å². The van der Waals surface area contributed by atoms with Crippen molar-refractivity contribution in [1.82, 2.24) is 10.2 Å². The number of sulfonamides is 1. The molecule has 0 spiro atoms. The van der Waals surface area contributed by atoms with E-state index in [4.69, 9.17) is 4.74 Å². The van der Waals surface area contributed by atoms with Crippen LogP contribution in [0.4, 0.5) is 10.1 Å². The highest BCUT2D eigenvalue weighted by molar-refractivity contribution is 7.92. The van der Waals surface area contributed by atoms with E-state index in [1.165, 1.54) is 49.4 Å². The normalized spacial score (nSPS) is 11.9. The van der Waals surface area contributed by atoms with Gasteiger partial charge in [0.1, 0.15) is 24.2 Å². The first-order valence-electron chi connectivity index (χ1n) is 11.6. The minimum Gasteiger partial charge on any atom is -0.497 e. The number of nitrogens with one attached hydrogen (secondary N) is 1. The SMILES string of the molecule is CNC(=O)[C@@H](C)N(Cc1cccc(OC)c1)C(=O)CN(c1ccccc1F)S(=O)(=O)c1ccc(C)cc1. The van der Waals surface area contributed by atoms with E-state index in [9.17, 15) is 22.4 Å². The van der Waals surface area contributed by atoms with Crippen LogP contribution in [0.1, 0.15) is 18.1 Å². The number of rotatable bonds is 10. The summed E-state index contributed by atoms with van der Waals surface area (Å²) in [6.45, 7) is 2.63. The monoisotopic (exact) mass is 527 g/mol. The van der Waals surface area contributed by atoms with Gasteiger partial charge in [0.15, 0.2) is 0 Å². The van der Waals surface area contributed by atoms with Crippen LogP contribution in [0.25, 0.3) is 0 Å². The number of hydrogen-bond donors (Lipinski definition) is 1. The number of methoxy groups -OCH3 is 1. The zero-order valence-corrected chi connectivity index (χ0v) is 22.0. The summed E-state index contributed by atoms with van der Waals surface area (Å²) in [5.41, 5.74) is 1.24. The Kier molecular flexibility index (Phi) is 8.88. The molecular formula is C27H30FN3O5S. The van der Waals surface area contributed by atoms with Crippen molar-refractivity contribution in [3.05, 3.63) is 89.7 Å². The molecule has 0 saturated heterocycles. The lowest BCUT2D eigenvalue weighted by Gasteiger charge is -2.32. The van der Waals surface area contributed by atoms with Crippen molar-refractivity contribution in [2.45, 2.75) is 31.3 Å². The lowest BCUT2D eigenvalue weighted by molar-refractivity contribution is -0.139. The second kappa shape index (κ2) is 11.9. The Labute approximate surface area is 216 Å². The van der Waals surface area contributed by atoms with E-state index >= 15 is 0 Å². The predicted molar refractivity (Wildman–Crippen MR) is 139 cm³/mol. The fraction of sp³-hybridized carbons (Fsp3) is 0.259. The quantitative estimate of drug-likeness (QED) is 0.436. The summed E-state index contributed by atoms with van der Waals surface area (Å²) in [6.07, 6.45) is 0. The molecule has 0 unspecified atom stereocenters. The fourth-order valence-corrected chi connectivity index (χ4v) is 5.19. The molecule has 3 aromatic rings. The average molecular weight is 528 g/mol. The highest BCUT2D eigenvalue weighted by atomic mass is 32.2. The number of nitrogens with zero attached hydrogens (tertiary/aromatic N) is 2. The third-order valence-electron chi connectivity index (χ3n) is 5.91. The number of halogens is 1. The average Bonchev–Trinajstić information content (AvgIpc) is 2.90. The maximum absolute atomic E-state index is 14.9. The first kappa shape index (κ1) is 27.7. The van der Waals surface area contributed by atoms with E-state index < -0.39 is 40.2 Å². The van der Waals surface area contributed by atoms with Crippen molar-refractivity contribution < 1.29 is 27.1 Å². The van der Waals surface area contributed by atoms with Crippen LogP contribution in [0.3, 0.4) is 0 Å². The molecule has 37 heavy (non-hydrogen) atoms. The summed E-state index contributed by atoms with van der Waals surface area (Å²) in [5.74, 6) is -1.36. The van der Waals surface area contributed by atoms with Crippen molar-refractivity contribution in [3.8, 4) is 5.75 Å². The Bertz CT molecular complexity index is 1360. The van der Waals surface area contributed by atoms with Gasteiger partial charge in [-0.05, 0) is 55.8 Å². The summed E-state index contributed by atoms with van der Waals surface area (Å²) in [4.78, 5) is 27.4. The molecule has 0 aliphatic rings. The summed E-state index contributed by atoms with van der Waals surface area (Å²) in [5, 5.41) is 2.51. The van der Waals surface area contributed by atoms with Crippen molar-refractivity contribution in [2.75, 3.05) is 25.0 Å². The van der Waals surface area contributed by atoms with Crippen molar-refractivity contribution >= 4 is 27.5 Å². The van der Waals surface area contributed by atoms with E-state index in [0.717, 1.165) is 15.9 Å². The van der Waals surface area contributed by atoms with Gasteiger partial charge in [-0.15, -0.1) is 0 Å². The van der Waals surface area contributed by atoms with Gasteiger partial charge in [-0.2, -0.15) is 0 Å². The standard InChI is InChI=1S/C27H30FN3O5S/c1-19-12-14-23(15-13-19)37(34,35)31(25-11-6-5-10-24(25)28)18-26(32)30(20(2)27(33)29-3)17-21-8-7-9-22(16-21)36-4/h5-16,20H,17-18H2,1-4H3,(H,29,33)/t20-/m1/s1. The smallest absolute Gasteiger partial charge is 0.264 e. The van der Waals surface area contributed by atoms with Gasteiger partial charge in [0, 0.05) is 13.6 Å². The largest absolute Gasteiger partial charge is 0.497 e. The van der Waals surface area contributed by atoms with Crippen LogP contribution in [-0.2, 0) is 26.2 Å². The van der Waals surface area contributed by atoms with Crippen LogP contribution >= 0.6 is 0 Å². The minimum absolute atomic E-state index is 0.000309. The van der Waals surface area contributed by atoms with E-state index in [2.05, 4.69) is 5.32 Å². The van der Waals surface area contributed by atoms with Gasteiger partial charge in [-0.1, -0.05) is 42.0 Å². The number of carbonyl (C=O) groups is 2. The topological polar surface area (TPSA) is 96.0 Å². The number of ether oxygens (including phenoxy) is 1. The fourth-order valence-electron chi connectivity index (χ4n) is 3.76. The van der Waals surface area contributed by atoms with Gasteiger partial charge in [-0.25, -0.2) is 12.8 Å². The van der Waals surface area contributed by atoms with Crippen molar-refractivity contribution in [1.29, 1.82) is 0 Å². The molecule has 0 aliphatic heterocycles.